The van der Waals surface area contributed by atoms with Crippen LogP contribution in [0.15, 0.2) is 71.1 Å². The van der Waals surface area contributed by atoms with E-state index in [4.69, 9.17) is 4.42 Å². The lowest BCUT2D eigenvalue weighted by atomic mass is 9.77. The zero-order chi connectivity index (χ0) is 20.8. The third-order valence-electron chi connectivity index (χ3n) is 5.70. The predicted octanol–water partition coefficient (Wildman–Crippen LogP) is 6.82. The van der Waals surface area contributed by atoms with Gasteiger partial charge in [-0.3, -0.25) is 0 Å². The Morgan fingerprint density at radius 1 is 0.759 bits per heavy atom. The van der Waals surface area contributed by atoms with Crippen molar-refractivity contribution in [3.63, 3.8) is 0 Å². The fourth-order valence-electron chi connectivity index (χ4n) is 3.63. The number of oxazole rings is 1. The monoisotopic (exact) mass is 385 g/mol. The van der Waals surface area contributed by atoms with Gasteiger partial charge in [-0.1, -0.05) is 77.1 Å². The molecule has 0 amide bonds. The van der Waals surface area contributed by atoms with Gasteiger partial charge in [0.1, 0.15) is 11.3 Å². The van der Waals surface area contributed by atoms with Crippen molar-refractivity contribution >= 4 is 11.1 Å². The number of hydrogen-bond donors (Lipinski definition) is 1. The van der Waals surface area contributed by atoms with E-state index in [1.54, 1.807) is 6.07 Å². The summed E-state index contributed by atoms with van der Waals surface area (Å²) in [6.45, 7) is 10.9. The minimum atomic E-state index is -0.213. The zero-order valence-electron chi connectivity index (χ0n) is 17.7. The van der Waals surface area contributed by atoms with Gasteiger partial charge in [-0.2, -0.15) is 0 Å². The first-order valence-corrected chi connectivity index (χ1v) is 9.97. The Bertz CT molecular complexity index is 1160. The molecule has 0 saturated heterocycles. The van der Waals surface area contributed by atoms with E-state index in [0.29, 0.717) is 11.5 Å². The van der Waals surface area contributed by atoms with Crippen molar-refractivity contribution in [3.05, 3.63) is 83.4 Å². The van der Waals surface area contributed by atoms with Crippen LogP contribution in [0.5, 0.6) is 5.75 Å². The molecule has 3 aromatic carbocycles. The molecule has 29 heavy (non-hydrogen) atoms. The average Bonchev–Trinajstić information content (AvgIpc) is 3.11. The van der Waals surface area contributed by atoms with Gasteiger partial charge in [0, 0.05) is 5.41 Å². The second-order valence-corrected chi connectivity index (χ2v) is 9.17. The molecule has 0 fully saturated rings. The molecule has 3 heteroatoms. The van der Waals surface area contributed by atoms with Gasteiger partial charge in [0.2, 0.25) is 5.89 Å². The molecule has 0 aliphatic rings. The molecule has 1 N–H and O–H groups in total. The zero-order valence-corrected chi connectivity index (χ0v) is 17.7. The number of phenols is 1. The lowest BCUT2D eigenvalue weighted by Crippen LogP contribution is -2.18. The normalized spacial score (nSPS) is 12.4. The largest absolute Gasteiger partial charge is 0.507 e. The molecule has 0 bridgehead atoms. The molecule has 0 atom stereocenters. The molecule has 0 aliphatic carbocycles. The molecule has 148 valence electrons. The maximum absolute atomic E-state index is 10.5. The van der Waals surface area contributed by atoms with Crippen LogP contribution in [0.1, 0.15) is 51.3 Å². The number of fused-ring (bicyclic) bond motifs is 1. The van der Waals surface area contributed by atoms with Crippen molar-refractivity contribution in [2.45, 2.75) is 45.4 Å². The number of aromatic hydroxyl groups is 1. The summed E-state index contributed by atoms with van der Waals surface area (Å²) in [5.41, 5.74) is 5.47. The van der Waals surface area contributed by atoms with Crippen LogP contribution >= 0.6 is 0 Å². The first-order chi connectivity index (χ1) is 13.7. The first kappa shape index (κ1) is 19.3. The quantitative estimate of drug-likeness (QED) is 0.421. The first-order valence-electron chi connectivity index (χ1n) is 9.97. The number of hydrogen-bond acceptors (Lipinski definition) is 3. The highest BCUT2D eigenvalue weighted by atomic mass is 16.3. The highest BCUT2D eigenvalue weighted by Crippen LogP contribution is 2.38. The number of phenolic OH excluding ortho intramolecular Hbond substituents is 1. The standard InChI is InChI=1S/C26H27NO2/c1-25(2,3)18-12-14-23-21(16-18)27-24(29-23)20-15-19(11-13-22(20)28)26(4,5)17-9-7-6-8-10-17/h6-16,28H,1-5H3. The molecule has 0 saturated carbocycles. The summed E-state index contributed by atoms with van der Waals surface area (Å²) in [7, 11) is 0. The van der Waals surface area contributed by atoms with E-state index in [1.165, 1.54) is 11.1 Å². The SMILES string of the molecule is CC(C)(C)c1ccc2oc(-c3cc(C(C)(C)c4ccccc4)ccc3O)nc2c1. The maximum atomic E-state index is 10.5. The third-order valence-corrected chi connectivity index (χ3v) is 5.70. The molecule has 1 heterocycles. The van der Waals surface area contributed by atoms with Crippen LogP contribution in [0.3, 0.4) is 0 Å². The second kappa shape index (κ2) is 6.77. The van der Waals surface area contributed by atoms with Crippen molar-refractivity contribution in [2.24, 2.45) is 0 Å². The van der Waals surface area contributed by atoms with E-state index < -0.39 is 0 Å². The highest BCUT2D eigenvalue weighted by Gasteiger charge is 2.25. The molecule has 0 radical (unpaired) electrons. The molecule has 0 unspecified atom stereocenters. The number of rotatable bonds is 3. The average molecular weight is 386 g/mol. The fourth-order valence-corrected chi connectivity index (χ4v) is 3.63. The van der Waals surface area contributed by atoms with Crippen LogP contribution in [0.2, 0.25) is 0 Å². The third kappa shape index (κ3) is 3.53. The number of benzene rings is 3. The van der Waals surface area contributed by atoms with E-state index in [0.717, 1.165) is 16.7 Å². The Balaban J connectivity index is 1.80. The van der Waals surface area contributed by atoms with Crippen molar-refractivity contribution < 1.29 is 9.52 Å². The number of aromatic nitrogens is 1. The van der Waals surface area contributed by atoms with Gasteiger partial charge < -0.3 is 9.52 Å². The van der Waals surface area contributed by atoms with Gasteiger partial charge in [-0.15, -0.1) is 0 Å². The van der Waals surface area contributed by atoms with Gasteiger partial charge in [0.05, 0.1) is 5.56 Å². The molecule has 3 nitrogen and oxygen atoms in total. The molecular weight excluding hydrogens is 358 g/mol. The minimum Gasteiger partial charge on any atom is -0.507 e. The molecular formula is C26H27NO2. The topological polar surface area (TPSA) is 46.3 Å². The van der Waals surface area contributed by atoms with Gasteiger partial charge in [0.25, 0.3) is 0 Å². The fraction of sp³-hybridized carbons (Fsp3) is 0.269. The summed E-state index contributed by atoms with van der Waals surface area (Å²) in [5.74, 6) is 0.606. The Hall–Kier alpha value is -3.07. The molecule has 0 spiro atoms. The van der Waals surface area contributed by atoms with E-state index in [9.17, 15) is 5.11 Å². The van der Waals surface area contributed by atoms with Crippen LogP contribution in [0.4, 0.5) is 0 Å². The van der Waals surface area contributed by atoms with Gasteiger partial charge in [-0.05, 0) is 46.4 Å². The van der Waals surface area contributed by atoms with Gasteiger partial charge in [0.15, 0.2) is 5.58 Å². The van der Waals surface area contributed by atoms with Crippen LogP contribution in [0.25, 0.3) is 22.6 Å². The summed E-state index contributed by atoms with van der Waals surface area (Å²) in [6, 6.07) is 22.1. The molecule has 4 rings (SSSR count). The van der Waals surface area contributed by atoms with Gasteiger partial charge >= 0.3 is 0 Å². The van der Waals surface area contributed by atoms with Crippen molar-refractivity contribution in [1.82, 2.24) is 4.98 Å². The van der Waals surface area contributed by atoms with Crippen LogP contribution in [-0.4, -0.2) is 10.1 Å². The van der Waals surface area contributed by atoms with Crippen LogP contribution in [-0.2, 0) is 10.8 Å². The summed E-state index contributed by atoms with van der Waals surface area (Å²) in [5, 5.41) is 10.5. The Morgan fingerprint density at radius 2 is 1.45 bits per heavy atom. The Labute approximate surface area is 172 Å². The summed E-state index contributed by atoms with van der Waals surface area (Å²) in [4.78, 5) is 4.69. The van der Waals surface area contributed by atoms with E-state index in [2.05, 4.69) is 63.9 Å². The highest BCUT2D eigenvalue weighted by molar-refractivity contribution is 5.78. The molecule has 0 aliphatic heterocycles. The number of nitrogens with zero attached hydrogens (tertiary/aromatic N) is 1. The Morgan fingerprint density at radius 3 is 2.14 bits per heavy atom. The predicted molar refractivity (Wildman–Crippen MR) is 118 cm³/mol. The lowest BCUT2D eigenvalue weighted by molar-refractivity contribution is 0.473. The summed E-state index contributed by atoms with van der Waals surface area (Å²) < 4.78 is 6.00. The van der Waals surface area contributed by atoms with Crippen LogP contribution < -0.4 is 0 Å². The lowest BCUT2D eigenvalue weighted by Gasteiger charge is -2.26. The second-order valence-electron chi connectivity index (χ2n) is 9.17. The van der Waals surface area contributed by atoms with Crippen molar-refractivity contribution in [1.29, 1.82) is 0 Å². The van der Waals surface area contributed by atoms with Crippen molar-refractivity contribution in [2.75, 3.05) is 0 Å². The molecule has 1 aromatic heterocycles. The van der Waals surface area contributed by atoms with E-state index in [-0.39, 0.29) is 16.6 Å². The van der Waals surface area contributed by atoms with Crippen LogP contribution in [0, 0.1) is 0 Å². The van der Waals surface area contributed by atoms with Crippen molar-refractivity contribution in [3.8, 4) is 17.2 Å². The molecule has 4 aromatic rings. The Kier molecular flexibility index (Phi) is 4.49. The van der Waals surface area contributed by atoms with E-state index in [1.807, 2.05) is 36.4 Å². The van der Waals surface area contributed by atoms with Gasteiger partial charge in [-0.25, -0.2) is 4.98 Å². The van der Waals surface area contributed by atoms with E-state index >= 15 is 0 Å². The summed E-state index contributed by atoms with van der Waals surface area (Å²) in [6.07, 6.45) is 0. The maximum Gasteiger partial charge on any atom is 0.231 e. The summed E-state index contributed by atoms with van der Waals surface area (Å²) >= 11 is 0. The smallest absolute Gasteiger partial charge is 0.231 e. The minimum absolute atomic E-state index is 0.0368.